The monoisotopic (exact) mass is 295 g/mol. The molecule has 0 radical (unpaired) electrons. The zero-order chi connectivity index (χ0) is 13.8. The van der Waals surface area contributed by atoms with E-state index in [-0.39, 0.29) is 6.04 Å². The largest absolute Gasteiger partial charge is 0.363 e. The lowest BCUT2D eigenvalue weighted by Crippen LogP contribution is -2.10. The third-order valence-corrected chi connectivity index (χ3v) is 3.55. The van der Waals surface area contributed by atoms with Crippen LogP contribution in [-0.4, -0.2) is 9.97 Å². The first-order chi connectivity index (χ1) is 9.11. The van der Waals surface area contributed by atoms with Crippen LogP contribution in [0, 0.1) is 0 Å². The second kappa shape index (κ2) is 6.22. The van der Waals surface area contributed by atoms with Gasteiger partial charge in [-0.1, -0.05) is 42.3 Å². The Hall–Kier alpha value is -1.32. The average Bonchev–Trinajstić information content (AvgIpc) is 2.39. The van der Waals surface area contributed by atoms with E-state index in [0.717, 1.165) is 28.4 Å². The van der Waals surface area contributed by atoms with Crippen LogP contribution in [0.4, 0.5) is 5.82 Å². The molecule has 3 nitrogen and oxygen atoms in total. The first-order valence-electron chi connectivity index (χ1n) is 6.13. The Morgan fingerprint density at radius 2 is 1.84 bits per heavy atom. The zero-order valence-corrected chi connectivity index (χ0v) is 12.3. The van der Waals surface area contributed by atoms with Gasteiger partial charge in [0.15, 0.2) is 0 Å². The summed E-state index contributed by atoms with van der Waals surface area (Å²) in [4.78, 5) is 8.26. The number of hydrogen-bond donors (Lipinski definition) is 1. The summed E-state index contributed by atoms with van der Waals surface area (Å²) in [6.07, 6.45) is 2.26. The van der Waals surface area contributed by atoms with Crippen LogP contribution in [0.15, 0.2) is 30.6 Å². The molecule has 0 aliphatic rings. The lowest BCUT2D eigenvalue weighted by molar-refractivity contribution is 0.862. The van der Waals surface area contributed by atoms with E-state index in [9.17, 15) is 0 Å². The summed E-state index contributed by atoms with van der Waals surface area (Å²) in [7, 11) is 0. The normalized spacial score (nSPS) is 12.2. The maximum atomic E-state index is 6.07. The van der Waals surface area contributed by atoms with Crippen molar-refractivity contribution in [2.75, 3.05) is 5.32 Å². The van der Waals surface area contributed by atoms with Gasteiger partial charge in [-0.25, -0.2) is 9.97 Å². The maximum Gasteiger partial charge on any atom is 0.137 e. The minimum atomic E-state index is 0.119. The van der Waals surface area contributed by atoms with Crippen LogP contribution in [0.1, 0.15) is 31.0 Å². The molecule has 1 aromatic carbocycles. The van der Waals surface area contributed by atoms with Crippen molar-refractivity contribution >= 4 is 29.0 Å². The van der Waals surface area contributed by atoms with Crippen molar-refractivity contribution in [2.24, 2.45) is 0 Å². The summed E-state index contributed by atoms with van der Waals surface area (Å²) < 4.78 is 0. The van der Waals surface area contributed by atoms with E-state index in [1.54, 1.807) is 0 Å². The molecule has 100 valence electrons. The molecule has 0 saturated heterocycles. The number of hydrogen-bond acceptors (Lipinski definition) is 3. The molecule has 0 amide bonds. The lowest BCUT2D eigenvalue weighted by atomic mass is 10.1. The summed E-state index contributed by atoms with van der Waals surface area (Å²) >= 11 is 12.0. The molecule has 0 fully saturated rings. The van der Waals surface area contributed by atoms with Gasteiger partial charge in [0.25, 0.3) is 0 Å². The fourth-order valence-electron chi connectivity index (χ4n) is 1.87. The Morgan fingerprint density at radius 3 is 2.47 bits per heavy atom. The number of benzene rings is 1. The van der Waals surface area contributed by atoms with Gasteiger partial charge in [0.1, 0.15) is 17.3 Å². The van der Waals surface area contributed by atoms with E-state index >= 15 is 0 Å². The summed E-state index contributed by atoms with van der Waals surface area (Å²) in [5, 5.41) is 4.59. The summed E-state index contributed by atoms with van der Waals surface area (Å²) in [6.45, 7) is 4.10. The molecule has 0 spiro atoms. The molecule has 5 heteroatoms. The summed E-state index contributed by atoms with van der Waals surface area (Å²) in [5.41, 5.74) is 2.08. The smallest absolute Gasteiger partial charge is 0.137 e. The van der Waals surface area contributed by atoms with Crippen molar-refractivity contribution in [2.45, 2.75) is 26.3 Å². The van der Waals surface area contributed by atoms with Crippen molar-refractivity contribution < 1.29 is 0 Å². The molecule has 0 aliphatic heterocycles. The molecular formula is C14H15Cl2N3. The van der Waals surface area contributed by atoms with Crippen LogP contribution >= 0.6 is 23.2 Å². The molecule has 0 bridgehead atoms. The van der Waals surface area contributed by atoms with E-state index in [0.29, 0.717) is 5.15 Å². The summed E-state index contributed by atoms with van der Waals surface area (Å²) in [6, 6.07) is 7.86. The van der Waals surface area contributed by atoms with Gasteiger partial charge in [-0.15, -0.1) is 0 Å². The van der Waals surface area contributed by atoms with E-state index in [2.05, 4.69) is 22.2 Å². The molecule has 0 saturated carbocycles. The molecule has 1 unspecified atom stereocenters. The van der Waals surface area contributed by atoms with E-state index in [1.807, 2.05) is 31.2 Å². The minimum absolute atomic E-state index is 0.119. The summed E-state index contributed by atoms with van der Waals surface area (Å²) in [5.74, 6) is 0.782. The van der Waals surface area contributed by atoms with Gasteiger partial charge in [-0.3, -0.25) is 0 Å². The lowest BCUT2D eigenvalue weighted by Gasteiger charge is -2.17. The first-order valence-corrected chi connectivity index (χ1v) is 6.88. The minimum Gasteiger partial charge on any atom is -0.363 e. The molecule has 19 heavy (non-hydrogen) atoms. The highest BCUT2D eigenvalue weighted by molar-refractivity contribution is 6.30. The number of rotatable bonds is 4. The Bertz CT molecular complexity index is 555. The number of halogens is 2. The molecular weight excluding hydrogens is 281 g/mol. The second-order valence-corrected chi connectivity index (χ2v) is 5.06. The van der Waals surface area contributed by atoms with Crippen LogP contribution in [0.5, 0.6) is 0 Å². The van der Waals surface area contributed by atoms with E-state index in [1.165, 1.54) is 6.33 Å². The zero-order valence-electron chi connectivity index (χ0n) is 10.8. The third-order valence-electron chi connectivity index (χ3n) is 2.97. The van der Waals surface area contributed by atoms with Crippen molar-refractivity contribution in [3.63, 3.8) is 0 Å². The molecule has 0 aliphatic carbocycles. The first kappa shape index (κ1) is 14.1. The van der Waals surface area contributed by atoms with E-state index < -0.39 is 0 Å². The van der Waals surface area contributed by atoms with Gasteiger partial charge >= 0.3 is 0 Å². The van der Waals surface area contributed by atoms with Gasteiger partial charge in [-0.2, -0.15) is 0 Å². The number of nitrogens with one attached hydrogen (secondary N) is 1. The van der Waals surface area contributed by atoms with Crippen LogP contribution in [0.3, 0.4) is 0 Å². The fraction of sp³-hybridized carbons (Fsp3) is 0.286. The van der Waals surface area contributed by atoms with Crippen molar-refractivity contribution in [1.82, 2.24) is 9.97 Å². The Morgan fingerprint density at radius 1 is 1.16 bits per heavy atom. The Labute approximate surface area is 123 Å². The molecule has 1 atom stereocenters. The molecule has 2 rings (SSSR count). The number of nitrogens with zero attached hydrogens (tertiary/aromatic N) is 2. The Kier molecular flexibility index (Phi) is 4.61. The third kappa shape index (κ3) is 3.37. The van der Waals surface area contributed by atoms with Gasteiger partial charge in [0.05, 0.1) is 0 Å². The van der Waals surface area contributed by atoms with Gasteiger partial charge in [-0.05, 0) is 31.0 Å². The standard InChI is InChI=1S/C14H15Cl2N3/c1-3-12-13(16)17-8-18-14(12)19-9(2)10-4-6-11(15)7-5-10/h4-9H,3H2,1-2H3,(H,17,18,19). The van der Waals surface area contributed by atoms with Crippen molar-refractivity contribution in [3.8, 4) is 0 Å². The molecule has 1 N–H and O–H groups in total. The number of anilines is 1. The molecule has 1 heterocycles. The quantitative estimate of drug-likeness (QED) is 0.843. The van der Waals surface area contributed by atoms with Crippen molar-refractivity contribution in [1.29, 1.82) is 0 Å². The maximum absolute atomic E-state index is 6.07. The van der Waals surface area contributed by atoms with Crippen LogP contribution in [0.25, 0.3) is 0 Å². The Balaban J connectivity index is 2.21. The van der Waals surface area contributed by atoms with Crippen LogP contribution < -0.4 is 5.32 Å². The topological polar surface area (TPSA) is 37.8 Å². The van der Waals surface area contributed by atoms with Gasteiger partial charge in [0, 0.05) is 16.6 Å². The highest BCUT2D eigenvalue weighted by atomic mass is 35.5. The van der Waals surface area contributed by atoms with Crippen molar-refractivity contribution in [3.05, 3.63) is 51.9 Å². The van der Waals surface area contributed by atoms with Gasteiger partial charge < -0.3 is 5.32 Å². The molecule has 2 aromatic rings. The van der Waals surface area contributed by atoms with Crippen LogP contribution in [0.2, 0.25) is 10.2 Å². The number of aromatic nitrogens is 2. The van der Waals surface area contributed by atoms with E-state index in [4.69, 9.17) is 23.2 Å². The van der Waals surface area contributed by atoms with Gasteiger partial charge in [0.2, 0.25) is 0 Å². The SMILES string of the molecule is CCc1c(Cl)ncnc1NC(C)c1ccc(Cl)cc1. The second-order valence-electron chi connectivity index (χ2n) is 4.26. The highest BCUT2D eigenvalue weighted by Gasteiger charge is 2.11. The van der Waals surface area contributed by atoms with Crippen LogP contribution in [-0.2, 0) is 6.42 Å². The average molecular weight is 296 g/mol. The highest BCUT2D eigenvalue weighted by Crippen LogP contribution is 2.25. The molecule has 1 aromatic heterocycles. The predicted octanol–water partition coefficient (Wildman–Crippen LogP) is 4.52. The fourth-order valence-corrected chi connectivity index (χ4v) is 2.26. The predicted molar refractivity (Wildman–Crippen MR) is 79.9 cm³/mol.